The first-order valence-corrected chi connectivity index (χ1v) is 15.3. The number of ether oxygens (including phenoxy) is 1. The Bertz CT molecular complexity index is 1450. The Morgan fingerprint density at radius 1 is 1.08 bits per heavy atom. The van der Waals surface area contributed by atoms with Crippen molar-refractivity contribution in [3.8, 4) is 10.4 Å². The van der Waals surface area contributed by atoms with Gasteiger partial charge in [-0.15, -0.1) is 11.3 Å². The van der Waals surface area contributed by atoms with Crippen molar-refractivity contribution in [3.05, 3.63) is 58.1 Å². The second-order valence-electron chi connectivity index (χ2n) is 10.2. The first-order chi connectivity index (χ1) is 18.2. The normalized spacial score (nSPS) is 19.8. The molecule has 2 aliphatic carbocycles. The molecule has 2 aliphatic rings. The van der Waals surface area contributed by atoms with Crippen molar-refractivity contribution in [2.24, 2.45) is 0 Å². The lowest BCUT2D eigenvalue weighted by Gasteiger charge is -2.28. The maximum atomic E-state index is 13.4. The fourth-order valence-corrected chi connectivity index (χ4v) is 7.83. The summed E-state index contributed by atoms with van der Waals surface area (Å²) in [6, 6.07) is 8.52. The van der Waals surface area contributed by atoms with E-state index in [0.717, 1.165) is 35.6 Å². The van der Waals surface area contributed by atoms with Crippen molar-refractivity contribution in [2.75, 3.05) is 5.32 Å². The van der Waals surface area contributed by atoms with Crippen LogP contribution in [0, 0.1) is 0 Å². The van der Waals surface area contributed by atoms with Gasteiger partial charge in [0.15, 0.2) is 9.84 Å². The van der Waals surface area contributed by atoms with Gasteiger partial charge >= 0.3 is 6.09 Å². The van der Waals surface area contributed by atoms with Gasteiger partial charge in [0.25, 0.3) is 0 Å². The second kappa shape index (κ2) is 10.9. The first kappa shape index (κ1) is 26.4. The van der Waals surface area contributed by atoms with Gasteiger partial charge in [-0.05, 0) is 70.6 Å². The van der Waals surface area contributed by atoms with Crippen molar-refractivity contribution in [1.29, 1.82) is 0 Å². The number of H-pyrrole nitrogens is 1. The number of nitrogens with zero attached hydrogens (tertiary/aromatic N) is 1. The van der Waals surface area contributed by atoms with Crippen molar-refractivity contribution >= 4 is 38.6 Å². The van der Waals surface area contributed by atoms with Crippen LogP contribution in [0.15, 0.2) is 52.4 Å². The first-order valence-electron chi connectivity index (χ1n) is 13.0. The van der Waals surface area contributed by atoms with Crippen LogP contribution in [0.3, 0.4) is 0 Å². The molecule has 1 aromatic carbocycles. The molecule has 2 saturated carbocycles. The third-order valence-corrected chi connectivity index (χ3v) is 10.3. The number of anilines is 2. The summed E-state index contributed by atoms with van der Waals surface area (Å²) in [6.45, 7) is 3.66. The van der Waals surface area contributed by atoms with E-state index in [1.54, 1.807) is 35.9 Å². The Hall–Kier alpha value is -3.18. The predicted octanol–water partition coefficient (Wildman–Crippen LogP) is 5.34. The molecule has 1 amide bonds. The zero-order valence-electron chi connectivity index (χ0n) is 21.4. The number of sulfone groups is 1. The standard InChI is InChI=1S/C27H32N4O5S2/c1-16(2)36-27(33)31-18-5-3-17(4-6-18)26-29-15-23(37-26)22-11-7-19(30-20-8-12-25(32)28-14-20)13-24(22)38(34,35)21-9-10-21/h7-8,11-18,21,30H,3-6,9-10H2,1-2H3,(H,28,32)(H,31,33)/t17-,18-. The number of aromatic amines is 1. The van der Waals surface area contributed by atoms with Gasteiger partial charge in [0.2, 0.25) is 5.56 Å². The number of amides is 1. The van der Waals surface area contributed by atoms with Gasteiger partial charge in [-0.1, -0.05) is 6.07 Å². The van der Waals surface area contributed by atoms with E-state index in [0.29, 0.717) is 34.7 Å². The highest BCUT2D eigenvalue weighted by Crippen LogP contribution is 2.43. The van der Waals surface area contributed by atoms with Crippen LogP contribution in [-0.2, 0) is 14.6 Å². The zero-order valence-corrected chi connectivity index (χ0v) is 23.0. The molecule has 38 heavy (non-hydrogen) atoms. The number of carbonyl (C=O) groups is 1. The maximum absolute atomic E-state index is 13.4. The highest BCUT2D eigenvalue weighted by atomic mass is 32.2. The number of nitrogens with one attached hydrogen (secondary N) is 3. The molecule has 0 spiro atoms. The van der Waals surface area contributed by atoms with E-state index in [-0.39, 0.29) is 35.0 Å². The number of hydrogen-bond acceptors (Lipinski definition) is 8. The average molecular weight is 557 g/mol. The van der Waals surface area contributed by atoms with E-state index in [1.807, 2.05) is 26.0 Å². The number of alkyl carbamates (subject to hydrolysis) is 1. The lowest BCUT2D eigenvalue weighted by molar-refractivity contribution is 0.109. The highest BCUT2D eigenvalue weighted by molar-refractivity contribution is 7.92. The number of pyridine rings is 1. The van der Waals surface area contributed by atoms with Gasteiger partial charge in [0, 0.05) is 41.7 Å². The van der Waals surface area contributed by atoms with Crippen molar-refractivity contribution in [3.63, 3.8) is 0 Å². The molecule has 0 bridgehead atoms. The third-order valence-electron chi connectivity index (χ3n) is 6.85. The highest BCUT2D eigenvalue weighted by Gasteiger charge is 2.39. The molecule has 0 saturated heterocycles. The van der Waals surface area contributed by atoms with Crippen molar-refractivity contribution in [1.82, 2.24) is 15.3 Å². The summed E-state index contributed by atoms with van der Waals surface area (Å²) in [5.74, 6) is 0.276. The molecule has 0 aliphatic heterocycles. The van der Waals surface area contributed by atoms with Crippen LogP contribution in [-0.4, -0.2) is 41.9 Å². The number of hydrogen-bond donors (Lipinski definition) is 3. The molecular weight excluding hydrogens is 524 g/mol. The molecule has 3 N–H and O–H groups in total. The summed E-state index contributed by atoms with van der Waals surface area (Å²) in [7, 11) is -3.48. The summed E-state index contributed by atoms with van der Waals surface area (Å²) in [5, 5.41) is 6.78. The molecule has 0 unspecified atom stereocenters. The van der Waals surface area contributed by atoms with Gasteiger partial charge in [-0.2, -0.15) is 0 Å². The molecule has 2 aromatic heterocycles. The number of carbonyl (C=O) groups excluding carboxylic acids is 1. The minimum atomic E-state index is -3.48. The maximum Gasteiger partial charge on any atom is 0.407 e. The van der Waals surface area contributed by atoms with E-state index in [1.165, 1.54) is 6.07 Å². The molecule has 0 atom stereocenters. The number of rotatable bonds is 8. The number of thiazole rings is 1. The van der Waals surface area contributed by atoms with Gasteiger partial charge in [0.1, 0.15) is 0 Å². The Balaban J connectivity index is 1.34. The number of aromatic nitrogens is 2. The molecule has 2 fully saturated rings. The molecule has 2 heterocycles. The van der Waals surface area contributed by atoms with E-state index >= 15 is 0 Å². The summed E-state index contributed by atoms with van der Waals surface area (Å²) in [5.41, 5.74) is 1.75. The van der Waals surface area contributed by atoms with Gasteiger partial charge in [-0.3, -0.25) is 4.79 Å². The third kappa shape index (κ3) is 6.10. The molecular formula is C27H32N4O5S2. The fraction of sp³-hybridized carbons (Fsp3) is 0.444. The molecule has 0 radical (unpaired) electrons. The van der Waals surface area contributed by atoms with E-state index in [4.69, 9.17) is 4.74 Å². The van der Waals surface area contributed by atoms with Crippen LogP contribution in [0.2, 0.25) is 0 Å². The molecule has 202 valence electrons. The summed E-state index contributed by atoms with van der Waals surface area (Å²) < 4.78 is 32.0. The lowest BCUT2D eigenvalue weighted by Crippen LogP contribution is -2.38. The lowest BCUT2D eigenvalue weighted by atomic mass is 9.86. The van der Waals surface area contributed by atoms with E-state index in [9.17, 15) is 18.0 Å². The quantitative estimate of drug-likeness (QED) is 0.341. The Morgan fingerprint density at radius 2 is 1.82 bits per heavy atom. The Morgan fingerprint density at radius 3 is 2.47 bits per heavy atom. The van der Waals surface area contributed by atoms with E-state index in [2.05, 4.69) is 20.6 Å². The van der Waals surface area contributed by atoms with Crippen LogP contribution in [0.4, 0.5) is 16.2 Å². The molecule has 11 heteroatoms. The minimum absolute atomic E-state index is 0.0923. The largest absolute Gasteiger partial charge is 0.447 e. The van der Waals surface area contributed by atoms with Crippen molar-refractivity contribution < 1.29 is 17.9 Å². The smallest absolute Gasteiger partial charge is 0.407 e. The second-order valence-corrected chi connectivity index (χ2v) is 13.5. The fourth-order valence-electron chi connectivity index (χ4n) is 4.75. The topological polar surface area (TPSA) is 130 Å². The van der Waals surface area contributed by atoms with Crippen molar-refractivity contribution in [2.45, 2.75) is 80.6 Å². The molecule has 5 rings (SSSR count). The minimum Gasteiger partial charge on any atom is -0.447 e. The summed E-state index contributed by atoms with van der Waals surface area (Å²) >= 11 is 1.54. The predicted molar refractivity (Wildman–Crippen MR) is 148 cm³/mol. The van der Waals surface area contributed by atoms with Crippen LogP contribution in [0.1, 0.15) is 63.3 Å². The van der Waals surface area contributed by atoms with E-state index < -0.39 is 9.84 Å². The van der Waals surface area contributed by atoms with Crippen LogP contribution in [0.25, 0.3) is 10.4 Å². The monoisotopic (exact) mass is 556 g/mol. The zero-order chi connectivity index (χ0) is 26.9. The molecule has 3 aromatic rings. The van der Waals surface area contributed by atoms with Gasteiger partial charge in [0.05, 0.1) is 31.8 Å². The number of benzene rings is 1. The van der Waals surface area contributed by atoms with Crippen LogP contribution < -0.4 is 16.2 Å². The Kier molecular flexibility index (Phi) is 7.58. The van der Waals surface area contributed by atoms with Gasteiger partial charge in [-0.25, -0.2) is 18.2 Å². The summed E-state index contributed by atoms with van der Waals surface area (Å²) in [6.07, 6.45) is 7.65. The van der Waals surface area contributed by atoms with Crippen LogP contribution >= 0.6 is 11.3 Å². The van der Waals surface area contributed by atoms with Crippen LogP contribution in [0.5, 0.6) is 0 Å². The SMILES string of the molecule is CC(C)OC(=O)N[C@H]1CC[C@H](c2ncc(-c3ccc(Nc4ccc(=O)[nH]c4)cc3S(=O)(=O)C3CC3)s2)CC1. The summed E-state index contributed by atoms with van der Waals surface area (Å²) in [4.78, 5) is 31.7. The van der Waals surface area contributed by atoms with Gasteiger partial charge < -0.3 is 20.4 Å². The Labute approximate surface area is 226 Å². The molecule has 9 nitrogen and oxygen atoms in total. The average Bonchev–Trinajstić information content (AvgIpc) is 3.64.